The van der Waals surface area contributed by atoms with Gasteiger partial charge in [-0.1, -0.05) is 23.2 Å². The first-order valence-corrected chi connectivity index (χ1v) is 6.97. The maximum Gasteiger partial charge on any atom is 0.0604 e. The van der Waals surface area contributed by atoms with Gasteiger partial charge in [0.15, 0.2) is 0 Å². The molecule has 16 heavy (non-hydrogen) atoms. The molecule has 1 aromatic carbocycles. The highest BCUT2D eigenvalue weighted by Gasteiger charge is 2.19. The summed E-state index contributed by atoms with van der Waals surface area (Å²) in [7, 11) is 0.772. The summed E-state index contributed by atoms with van der Waals surface area (Å²) in [6.45, 7) is 3.94. The van der Waals surface area contributed by atoms with Gasteiger partial charge < -0.3 is 5.32 Å². The van der Waals surface area contributed by atoms with Crippen LogP contribution in [0.3, 0.4) is 0 Å². The van der Waals surface area contributed by atoms with E-state index in [4.69, 9.17) is 23.2 Å². The van der Waals surface area contributed by atoms with Crippen molar-refractivity contribution in [3.05, 3.63) is 28.2 Å². The van der Waals surface area contributed by atoms with E-state index < -0.39 is 10.8 Å². The summed E-state index contributed by atoms with van der Waals surface area (Å²) in [6, 6.07) is 5.27. The zero-order valence-corrected chi connectivity index (χ0v) is 11.8. The standard InChI is InChI=1S/C11H15Cl2NOS/c1-7(14-3)8(2)16(15)9-4-5-10(12)11(13)6-9/h4-8,14H,1-3H3. The van der Waals surface area contributed by atoms with E-state index in [2.05, 4.69) is 5.32 Å². The summed E-state index contributed by atoms with van der Waals surface area (Å²) >= 11 is 11.7. The molecule has 90 valence electrons. The molecule has 0 amide bonds. The topological polar surface area (TPSA) is 29.1 Å². The van der Waals surface area contributed by atoms with E-state index >= 15 is 0 Å². The van der Waals surface area contributed by atoms with Crippen LogP contribution in [-0.4, -0.2) is 22.5 Å². The average molecular weight is 280 g/mol. The summed E-state index contributed by atoms with van der Waals surface area (Å²) in [6.07, 6.45) is 0. The van der Waals surface area contributed by atoms with E-state index in [1.807, 2.05) is 20.9 Å². The lowest BCUT2D eigenvalue weighted by molar-refractivity contribution is 0.584. The summed E-state index contributed by atoms with van der Waals surface area (Å²) in [5.74, 6) is 0. The van der Waals surface area contributed by atoms with Gasteiger partial charge in [-0.2, -0.15) is 0 Å². The molecule has 1 rings (SSSR count). The normalized spacial score (nSPS) is 16.8. The summed E-state index contributed by atoms with van der Waals surface area (Å²) in [5, 5.41) is 4.03. The van der Waals surface area contributed by atoms with Crippen molar-refractivity contribution in [1.29, 1.82) is 0 Å². The lowest BCUT2D eigenvalue weighted by atomic mass is 10.3. The number of nitrogens with one attached hydrogen (secondary N) is 1. The lowest BCUT2D eigenvalue weighted by Crippen LogP contribution is -2.35. The van der Waals surface area contributed by atoms with Gasteiger partial charge >= 0.3 is 0 Å². The van der Waals surface area contributed by atoms with Gasteiger partial charge in [0.1, 0.15) is 0 Å². The van der Waals surface area contributed by atoms with Gasteiger partial charge in [0.05, 0.1) is 26.1 Å². The molecule has 0 saturated carbocycles. The summed E-state index contributed by atoms with van der Waals surface area (Å²) in [5.41, 5.74) is 0. The third-order valence-corrected chi connectivity index (χ3v) is 5.16. The van der Waals surface area contributed by atoms with Crippen molar-refractivity contribution in [2.45, 2.75) is 30.0 Å². The summed E-state index contributed by atoms with van der Waals surface area (Å²) < 4.78 is 12.2. The van der Waals surface area contributed by atoms with E-state index in [0.717, 1.165) is 0 Å². The third kappa shape index (κ3) is 3.20. The maximum atomic E-state index is 12.2. The molecule has 1 N–H and O–H groups in total. The highest BCUT2D eigenvalue weighted by Crippen LogP contribution is 2.25. The number of rotatable bonds is 4. The molecule has 5 heteroatoms. The van der Waals surface area contributed by atoms with Crippen LogP contribution in [0.25, 0.3) is 0 Å². The zero-order chi connectivity index (χ0) is 12.3. The van der Waals surface area contributed by atoms with Gasteiger partial charge in [0, 0.05) is 10.9 Å². The average Bonchev–Trinajstić information content (AvgIpc) is 2.29. The molecule has 0 aliphatic rings. The highest BCUT2D eigenvalue weighted by atomic mass is 35.5. The quantitative estimate of drug-likeness (QED) is 0.918. The van der Waals surface area contributed by atoms with Gasteiger partial charge in [-0.15, -0.1) is 0 Å². The van der Waals surface area contributed by atoms with Crippen molar-refractivity contribution >= 4 is 34.0 Å². The van der Waals surface area contributed by atoms with Crippen LogP contribution in [0.2, 0.25) is 10.0 Å². The SMILES string of the molecule is CNC(C)C(C)S(=O)c1ccc(Cl)c(Cl)c1. The van der Waals surface area contributed by atoms with E-state index in [1.165, 1.54) is 0 Å². The Morgan fingerprint density at radius 2 is 1.88 bits per heavy atom. The fourth-order valence-electron chi connectivity index (χ4n) is 1.24. The van der Waals surface area contributed by atoms with E-state index in [9.17, 15) is 4.21 Å². The Morgan fingerprint density at radius 3 is 2.38 bits per heavy atom. The molecule has 0 aromatic heterocycles. The van der Waals surface area contributed by atoms with Crippen LogP contribution in [0.4, 0.5) is 0 Å². The van der Waals surface area contributed by atoms with Gasteiger partial charge in [0.2, 0.25) is 0 Å². The molecule has 1 aromatic rings. The van der Waals surface area contributed by atoms with Crippen LogP contribution in [-0.2, 0) is 10.8 Å². The number of halogens is 2. The van der Waals surface area contributed by atoms with Crippen molar-refractivity contribution in [2.24, 2.45) is 0 Å². The van der Waals surface area contributed by atoms with Gasteiger partial charge in [-0.3, -0.25) is 4.21 Å². The number of hydrogen-bond donors (Lipinski definition) is 1. The first-order chi connectivity index (χ1) is 7.47. The Labute approximate surface area is 109 Å². The Morgan fingerprint density at radius 1 is 1.25 bits per heavy atom. The van der Waals surface area contributed by atoms with Crippen LogP contribution >= 0.6 is 23.2 Å². The van der Waals surface area contributed by atoms with Crippen LogP contribution in [0.1, 0.15) is 13.8 Å². The maximum absolute atomic E-state index is 12.2. The first-order valence-electron chi connectivity index (χ1n) is 5.00. The van der Waals surface area contributed by atoms with Crippen LogP contribution in [0, 0.1) is 0 Å². The smallest absolute Gasteiger partial charge is 0.0604 e. The van der Waals surface area contributed by atoms with E-state index in [-0.39, 0.29) is 11.3 Å². The number of hydrogen-bond acceptors (Lipinski definition) is 2. The Kier molecular flexibility index (Phi) is 5.25. The Bertz CT molecular complexity index is 398. The molecule has 0 aliphatic heterocycles. The molecule has 2 nitrogen and oxygen atoms in total. The zero-order valence-electron chi connectivity index (χ0n) is 9.46. The largest absolute Gasteiger partial charge is 0.316 e. The second-order valence-corrected chi connectivity index (χ2v) is 6.28. The lowest BCUT2D eigenvalue weighted by Gasteiger charge is -2.18. The highest BCUT2D eigenvalue weighted by molar-refractivity contribution is 7.85. The second-order valence-electron chi connectivity index (χ2n) is 3.66. The summed E-state index contributed by atoms with van der Waals surface area (Å²) in [4.78, 5) is 0.712. The molecule has 0 bridgehead atoms. The van der Waals surface area contributed by atoms with Crippen molar-refractivity contribution in [2.75, 3.05) is 7.05 Å². The van der Waals surface area contributed by atoms with Crippen LogP contribution < -0.4 is 5.32 Å². The molecule has 3 unspecified atom stereocenters. The molecule has 0 heterocycles. The van der Waals surface area contributed by atoms with Crippen molar-refractivity contribution in [3.63, 3.8) is 0 Å². The van der Waals surface area contributed by atoms with Crippen LogP contribution in [0.15, 0.2) is 23.1 Å². The van der Waals surface area contributed by atoms with Gasteiger partial charge in [-0.05, 0) is 39.1 Å². The minimum atomic E-state index is -1.08. The molecule has 0 aliphatic carbocycles. The predicted octanol–water partition coefficient (Wildman–Crippen LogP) is 3.10. The molecule has 0 fully saturated rings. The number of benzene rings is 1. The Balaban J connectivity index is 2.92. The molecular weight excluding hydrogens is 265 g/mol. The fourth-order valence-corrected chi connectivity index (χ4v) is 2.97. The van der Waals surface area contributed by atoms with Crippen molar-refractivity contribution < 1.29 is 4.21 Å². The minimum Gasteiger partial charge on any atom is -0.316 e. The van der Waals surface area contributed by atoms with Gasteiger partial charge in [-0.25, -0.2) is 0 Å². The molecule has 0 radical (unpaired) electrons. The monoisotopic (exact) mass is 279 g/mol. The predicted molar refractivity (Wildman–Crippen MR) is 70.9 cm³/mol. The third-order valence-electron chi connectivity index (χ3n) is 2.62. The molecule has 3 atom stereocenters. The van der Waals surface area contributed by atoms with Crippen molar-refractivity contribution in [1.82, 2.24) is 5.32 Å². The minimum absolute atomic E-state index is 0.0160. The second kappa shape index (κ2) is 6.01. The Hall–Kier alpha value is -0.0900. The fraction of sp³-hybridized carbons (Fsp3) is 0.455. The van der Waals surface area contributed by atoms with Gasteiger partial charge in [0.25, 0.3) is 0 Å². The van der Waals surface area contributed by atoms with E-state index in [1.54, 1.807) is 18.2 Å². The molecule has 0 spiro atoms. The van der Waals surface area contributed by atoms with Crippen LogP contribution in [0.5, 0.6) is 0 Å². The molecular formula is C11H15Cl2NOS. The molecule has 0 saturated heterocycles. The first kappa shape index (κ1) is 14.0. The van der Waals surface area contributed by atoms with Crippen molar-refractivity contribution in [3.8, 4) is 0 Å². The van der Waals surface area contributed by atoms with E-state index in [0.29, 0.717) is 14.9 Å².